The number of hydrogen-bond donors (Lipinski definition) is 0. The summed E-state index contributed by atoms with van der Waals surface area (Å²) in [6, 6.07) is 184. The average molecular weight is 1730 g/mol. The van der Waals surface area contributed by atoms with Crippen molar-refractivity contribution in [2.24, 2.45) is 0 Å². The van der Waals surface area contributed by atoms with Crippen LogP contribution in [0.25, 0.3) is 232 Å². The highest BCUT2D eigenvalue weighted by molar-refractivity contribution is 6.24. The highest BCUT2D eigenvalue weighted by Crippen LogP contribution is 2.55. The van der Waals surface area contributed by atoms with Gasteiger partial charge in [-0.1, -0.05) is 464 Å². The predicted octanol–water partition coefficient (Wildman–Crippen LogP) is 36.5. The van der Waals surface area contributed by atoms with E-state index in [4.69, 9.17) is 0 Å². The summed E-state index contributed by atoms with van der Waals surface area (Å²) in [7, 11) is 0. The number of rotatable bonds is 14. The zero-order valence-electron chi connectivity index (χ0n) is 76.2. The van der Waals surface area contributed by atoms with Crippen LogP contribution < -0.4 is 0 Å². The Bertz CT molecular complexity index is 8690. The van der Waals surface area contributed by atoms with Gasteiger partial charge in [-0.3, -0.25) is 0 Å². The Hall–Kier alpha value is -17.0. The highest BCUT2D eigenvalue weighted by atomic mass is 15.0. The molecular formula is C134H94N2. The molecule has 2 aliphatic carbocycles. The fraction of sp³-hybridized carbons (Fsp3) is 0.0448. The summed E-state index contributed by atoms with van der Waals surface area (Å²) in [4.78, 5) is 0. The van der Waals surface area contributed by atoms with E-state index in [0.29, 0.717) is 0 Å². The molecule has 0 bridgehead atoms. The maximum Gasteiger partial charge on any atom is 0.0535 e. The largest absolute Gasteiger partial charge is 0.309 e. The fourth-order valence-corrected chi connectivity index (χ4v) is 22.6. The predicted molar refractivity (Wildman–Crippen MR) is 577 cm³/mol. The van der Waals surface area contributed by atoms with Gasteiger partial charge in [0.2, 0.25) is 0 Å². The monoisotopic (exact) mass is 1730 g/mol. The molecule has 0 unspecified atom stereocenters. The molecule has 2 aliphatic rings. The van der Waals surface area contributed by atoms with E-state index in [-0.39, 0.29) is 10.8 Å². The highest BCUT2D eigenvalue weighted by Gasteiger charge is 2.37. The van der Waals surface area contributed by atoms with E-state index in [9.17, 15) is 0 Å². The molecule has 136 heavy (non-hydrogen) atoms. The van der Waals surface area contributed by atoms with Crippen molar-refractivity contribution in [3.8, 4) is 168 Å². The Morgan fingerprint density at radius 1 is 0.140 bits per heavy atom. The second kappa shape index (κ2) is 33.1. The van der Waals surface area contributed by atoms with E-state index in [2.05, 4.69) is 534 Å². The molecule has 2 heterocycles. The van der Waals surface area contributed by atoms with E-state index in [1.54, 1.807) is 0 Å². The Balaban J connectivity index is 0.000000146. The van der Waals surface area contributed by atoms with E-state index in [1.165, 1.54) is 220 Å². The van der Waals surface area contributed by atoms with Crippen LogP contribution in [0, 0.1) is 0 Å². The van der Waals surface area contributed by atoms with Crippen LogP contribution in [0.5, 0.6) is 0 Å². The van der Waals surface area contributed by atoms with Crippen molar-refractivity contribution in [2.75, 3.05) is 0 Å². The van der Waals surface area contributed by atoms with Gasteiger partial charge in [0.25, 0.3) is 0 Å². The molecule has 640 valence electrons. The van der Waals surface area contributed by atoms with Crippen LogP contribution in [0.1, 0.15) is 49.9 Å². The van der Waals surface area contributed by atoms with Crippen molar-refractivity contribution in [1.82, 2.24) is 9.13 Å². The molecular weight excluding hydrogens is 1640 g/mol. The number of nitrogens with zero attached hydrogens (tertiary/aromatic N) is 2. The van der Waals surface area contributed by atoms with Crippen LogP contribution in [-0.2, 0) is 10.8 Å². The first-order valence-electron chi connectivity index (χ1n) is 47.5. The van der Waals surface area contributed by atoms with Gasteiger partial charge >= 0.3 is 0 Å². The van der Waals surface area contributed by atoms with Crippen LogP contribution in [0.4, 0.5) is 0 Å². The van der Waals surface area contributed by atoms with Crippen molar-refractivity contribution in [2.45, 2.75) is 38.5 Å². The van der Waals surface area contributed by atoms with Crippen LogP contribution >= 0.6 is 0 Å². The molecule has 24 aromatic rings. The van der Waals surface area contributed by atoms with Crippen molar-refractivity contribution in [3.05, 3.63) is 520 Å². The quantitative estimate of drug-likeness (QED) is 0.0961. The molecule has 0 N–H and O–H groups in total. The summed E-state index contributed by atoms with van der Waals surface area (Å²) in [5.41, 5.74) is 42.0. The molecule has 2 nitrogen and oxygen atoms in total. The van der Waals surface area contributed by atoms with E-state index >= 15 is 0 Å². The standard InChI is InChI=1S/C72H53N.C62H41N/c1-71(2)63-25-15-13-21-55(63)57-38-35-52(43-65(57)71)46-27-31-50(32-28-46)69-59-23-11-12-24-60(59)70(51-33-29-47(30-34-51)53-36-39-58-56-22-14-16-26-64(56)72(3,4)66(58)44-53)62-45-54(37-40-61(62)69)73-67(48-17-7-5-8-18-48)41-42-68(73)49-19-9-6-10-20-49;1-3-17-46(18-4-1)59-39-40-60(47-19-5-2-6-20-47)63(59)50-37-38-57-58(41-50)62(49-35-31-45(32-36-49)54-28-14-22-43-16-8-10-24-52(43)54)56-26-12-11-25-55(56)61(57)48-33-29-44(30-34-48)53-27-13-21-42-15-7-9-23-51(42)53/h5-45H,1-4H3;1-41H. The maximum absolute atomic E-state index is 2.45. The van der Waals surface area contributed by atoms with E-state index < -0.39 is 0 Å². The van der Waals surface area contributed by atoms with Gasteiger partial charge < -0.3 is 9.13 Å². The molecule has 0 atom stereocenters. The Kier molecular flexibility index (Phi) is 19.7. The van der Waals surface area contributed by atoms with Gasteiger partial charge in [-0.15, -0.1) is 0 Å². The fourth-order valence-electron chi connectivity index (χ4n) is 22.6. The van der Waals surface area contributed by atoms with Crippen LogP contribution in [0.3, 0.4) is 0 Å². The molecule has 0 fully saturated rings. The SMILES string of the molecule is CC1(C)c2ccccc2-c2ccc(-c3ccc(-c4c5ccccc5c(-c5ccc(-c6ccc7c(c6)C(C)(C)c6ccccc6-7)cc5)c5cc(-n6c(-c7ccccc7)ccc6-c6ccccc6)ccc45)cc3)cc21.c1ccc(-c2ccc(-c3ccccc3)n2-c2ccc3c(-c4ccc(-c5cccc6ccccc56)cc4)c4ccccc4c(-c4ccc(-c5cccc6ccccc56)cc4)c3c2)cc1. The summed E-state index contributed by atoms with van der Waals surface area (Å²) in [6.45, 7) is 9.44. The second-order valence-corrected chi connectivity index (χ2v) is 37.6. The lowest BCUT2D eigenvalue weighted by Gasteiger charge is -2.22. The van der Waals surface area contributed by atoms with Gasteiger partial charge in [0.15, 0.2) is 0 Å². The minimum atomic E-state index is -0.0635. The number of hydrogen-bond acceptors (Lipinski definition) is 0. The Morgan fingerprint density at radius 2 is 0.382 bits per heavy atom. The molecule has 0 aliphatic heterocycles. The smallest absolute Gasteiger partial charge is 0.0535 e. The van der Waals surface area contributed by atoms with Crippen molar-refractivity contribution >= 4 is 64.6 Å². The van der Waals surface area contributed by atoms with Crippen molar-refractivity contribution < 1.29 is 0 Å². The van der Waals surface area contributed by atoms with Gasteiger partial charge in [-0.2, -0.15) is 0 Å². The molecule has 26 rings (SSSR count). The molecule has 22 aromatic carbocycles. The minimum absolute atomic E-state index is 0.0585. The third kappa shape index (κ3) is 13.7. The molecule has 2 aromatic heterocycles. The second-order valence-electron chi connectivity index (χ2n) is 37.6. The molecule has 0 saturated heterocycles. The zero-order chi connectivity index (χ0) is 90.7. The lowest BCUT2D eigenvalue weighted by Crippen LogP contribution is -2.14. The summed E-state index contributed by atoms with van der Waals surface area (Å²) < 4.78 is 4.88. The van der Waals surface area contributed by atoms with E-state index in [1.807, 2.05) is 0 Å². The summed E-state index contributed by atoms with van der Waals surface area (Å²) >= 11 is 0. The topological polar surface area (TPSA) is 9.86 Å². The normalized spacial score (nSPS) is 12.7. The van der Waals surface area contributed by atoms with Crippen LogP contribution in [0.2, 0.25) is 0 Å². The van der Waals surface area contributed by atoms with Crippen LogP contribution in [0.15, 0.2) is 497 Å². The first-order valence-corrected chi connectivity index (χ1v) is 47.5. The third-order valence-corrected chi connectivity index (χ3v) is 29.3. The third-order valence-electron chi connectivity index (χ3n) is 29.3. The maximum atomic E-state index is 2.45. The molecule has 0 saturated carbocycles. The van der Waals surface area contributed by atoms with Crippen molar-refractivity contribution in [1.29, 1.82) is 0 Å². The van der Waals surface area contributed by atoms with Crippen molar-refractivity contribution in [3.63, 3.8) is 0 Å². The number of aromatic nitrogens is 2. The number of benzene rings is 22. The Labute approximate surface area is 794 Å². The van der Waals surface area contributed by atoms with Gasteiger partial charge in [-0.25, -0.2) is 0 Å². The average Bonchev–Trinajstić information content (AvgIpc) is 1.46. The summed E-state index contributed by atoms with van der Waals surface area (Å²) in [5.74, 6) is 0. The lowest BCUT2D eigenvalue weighted by atomic mass is 9.81. The van der Waals surface area contributed by atoms with Gasteiger partial charge in [-0.05, 0) is 281 Å². The first kappa shape index (κ1) is 81.0. The zero-order valence-corrected chi connectivity index (χ0v) is 76.2. The Morgan fingerprint density at radius 3 is 0.721 bits per heavy atom. The molecule has 0 radical (unpaired) electrons. The van der Waals surface area contributed by atoms with Gasteiger partial charge in [0, 0.05) is 22.2 Å². The van der Waals surface area contributed by atoms with E-state index in [0.717, 1.165) is 34.2 Å². The van der Waals surface area contributed by atoms with Gasteiger partial charge in [0.1, 0.15) is 0 Å². The molecule has 2 heteroatoms. The summed E-state index contributed by atoms with van der Waals surface area (Å²) in [6.07, 6.45) is 0. The lowest BCUT2D eigenvalue weighted by molar-refractivity contribution is 0.660. The summed E-state index contributed by atoms with van der Waals surface area (Å²) in [5, 5.41) is 14.8. The van der Waals surface area contributed by atoms with Crippen LogP contribution in [-0.4, -0.2) is 9.13 Å². The number of fused-ring (bicyclic) bond motifs is 12. The molecule has 0 amide bonds. The minimum Gasteiger partial charge on any atom is -0.309 e. The van der Waals surface area contributed by atoms with Gasteiger partial charge in [0.05, 0.1) is 22.8 Å². The first-order chi connectivity index (χ1) is 67.0. The molecule has 0 spiro atoms.